The molecule has 6 heteroatoms. The highest BCUT2D eigenvalue weighted by Crippen LogP contribution is 2.21. The highest BCUT2D eigenvalue weighted by molar-refractivity contribution is 7.16. The van der Waals surface area contributed by atoms with Crippen LogP contribution in [0.5, 0.6) is 0 Å². The van der Waals surface area contributed by atoms with E-state index < -0.39 is 0 Å². The third kappa shape index (κ3) is 3.59. The maximum Gasteiger partial charge on any atom is 0.141 e. The van der Waals surface area contributed by atoms with Gasteiger partial charge in [0.05, 0.1) is 4.34 Å². The van der Waals surface area contributed by atoms with Crippen LogP contribution in [0.1, 0.15) is 4.88 Å². The molecule has 0 aliphatic heterocycles. The van der Waals surface area contributed by atoms with Gasteiger partial charge in [0.15, 0.2) is 0 Å². The van der Waals surface area contributed by atoms with Gasteiger partial charge in [-0.3, -0.25) is 0 Å². The van der Waals surface area contributed by atoms with E-state index in [1.807, 2.05) is 24.3 Å². The van der Waals surface area contributed by atoms with E-state index in [4.69, 9.17) is 17.4 Å². The number of thiophene rings is 1. The van der Waals surface area contributed by atoms with E-state index in [9.17, 15) is 0 Å². The first-order valence-electron chi connectivity index (χ1n) is 5.18. The summed E-state index contributed by atoms with van der Waals surface area (Å²) in [6.07, 6.45) is 2.66. The normalized spacial score (nSPS) is 10.2. The van der Waals surface area contributed by atoms with Crippen molar-refractivity contribution >= 4 is 34.4 Å². The summed E-state index contributed by atoms with van der Waals surface area (Å²) in [5.41, 5.74) is 3.51. The molecular weight excluding hydrogens is 256 g/mol. The monoisotopic (exact) mass is 268 g/mol. The molecule has 0 saturated carbocycles. The Bertz CT molecular complexity index is 486. The fourth-order valence-electron chi connectivity index (χ4n) is 1.44. The second-order valence-corrected chi connectivity index (χ2v) is 5.26. The number of nitrogens with two attached hydrogens (primary N) is 1. The molecule has 2 aromatic rings. The van der Waals surface area contributed by atoms with Gasteiger partial charge in [-0.15, -0.1) is 11.3 Å². The number of nitrogens with zero attached hydrogens (tertiary/aromatic N) is 1. The Kier molecular flexibility index (Phi) is 4.19. The lowest BCUT2D eigenvalue weighted by Crippen LogP contribution is -2.09. The number of rotatable bonds is 5. The summed E-state index contributed by atoms with van der Waals surface area (Å²) in [7, 11) is 0. The van der Waals surface area contributed by atoms with Crippen molar-refractivity contribution in [1.29, 1.82) is 0 Å². The maximum absolute atomic E-state index is 5.86. The van der Waals surface area contributed by atoms with Crippen LogP contribution in [0, 0.1) is 0 Å². The van der Waals surface area contributed by atoms with Gasteiger partial charge in [-0.1, -0.05) is 11.6 Å². The Balaban J connectivity index is 1.85. The Morgan fingerprint density at radius 3 is 2.94 bits per heavy atom. The minimum atomic E-state index is 0.647. The average Bonchev–Trinajstić information content (AvgIpc) is 2.75. The number of halogens is 1. The minimum absolute atomic E-state index is 0.647. The Hall–Kier alpha value is -1.30. The molecule has 0 bridgehead atoms. The molecule has 0 saturated heterocycles. The number of nitrogen functional groups attached to an aromatic ring is 1. The summed E-state index contributed by atoms with van der Waals surface area (Å²) in [4.78, 5) is 5.31. The Morgan fingerprint density at radius 1 is 1.35 bits per heavy atom. The molecule has 0 spiro atoms. The second-order valence-electron chi connectivity index (χ2n) is 3.46. The lowest BCUT2D eigenvalue weighted by molar-refractivity contribution is 1.04. The van der Waals surface area contributed by atoms with Crippen LogP contribution in [-0.2, 0) is 6.42 Å². The summed E-state index contributed by atoms with van der Waals surface area (Å²) in [6.45, 7) is 0.852. The zero-order valence-electron chi connectivity index (χ0n) is 9.11. The van der Waals surface area contributed by atoms with E-state index in [1.54, 1.807) is 17.5 Å². The van der Waals surface area contributed by atoms with Crippen molar-refractivity contribution in [1.82, 2.24) is 4.98 Å². The van der Waals surface area contributed by atoms with Crippen LogP contribution in [-0.4, -0.2) is 11.5 Å². The SMILES string of the molecule is NNc1cc(NCCc2ccc(Cl)s2)ccn1. The van der Waals surface area contributed by atoms with Crippen LogP contribution in [0.15, 0.2) is 30.5 Å². The zero-order chi connectivity index (χ0) is 12.1. The molecule has 0 aromatic carbocycles. The number of hydrazine groups is 1. The first-order valence-corrected chi connectivity index (χ1v) is 6.38. The average molecular weight is 269 g/mol. The molecule has 0 radical (unpaired) electrons. The molecule has 0 fully saturated rings. The van der Waals surface area contributed by atoms with Crippen molar-refractivity contribution in [2.75, 3.05) is 17.3 Å². The zero-order valence-corrected chi connectivity index (χ0v) is 10.7. The first-order chi connectivity index (χ1) is 8.28. The van der Waals surface area contributed by atoms with Crippen LogP contribution >= 0.6 is 22.9 Å². The predicted molar refractivity (Wildman–Crippen MR) is 73.6 cm³/mol. The minimum Gasteiger partial charge on any atom is -0.385 e. The molecule has 4 N–H and O–H groups in total. The van der Waals surface area contributed by atoms with Gasteiger partial charge in [0.25, 0.3) is 0 Å². The summed E-state index contributed by atoms with van der Waals surface area (Å²) >= 11 is 7.47. The van der Waals surface area contributed by atoms with E-state index >= 15 is 0 Å². The highest BCUT2D eigenvalue weighted by Gasteiger charge is 1.99. The molecule has 17 heavy (non-hydrogen) atoms. The van der Waals surface area contributed by atoms with Gasteiger partial charge >= 0.3 is 0 Å². The van der Waals surface area contributed by atoms with Gasteiger partial charge < -0.3 is 10.7 Å². The van der Waals surface area contributed by atoms with Crippen LogP contribution in [0.25, 0.3) is 0 Å². The smallest absolute Gasteiger partial charge is 0.141 e. The van der Waals surface area contributed by atoms with E-state index in [0.29, 0.717) is 5.82 Å². The molecule has 0 unspecified atom stereocenters. The summed E-state index contributed by atoms with van der Waals surface area (Å²) in [5.74, 6) is 5.94. The Morgan fingerprint density at radius 2 is 2.24 bits per heavy atom. The van der Waals surface area contributed by atoms with Crippen molar-refractivity contribution in [2.45, 2.75) is 6.42 Å². The molecule has 0 aliphatic carbocycles. The molecule has 90 valence electrons. The van der Waals surface area contributed by atoms with Gasteiger partial charge in [-0.25, -0.2) is 10.8 Å². The van der Waals surface area contributed by atoms with Gasteiger partial charge in [0, 0.05) is 29.4 Å². The lowest BCUT2D eigenvalue weighted by Gasteiger charge is -2.06. The predicted octanol–water partition coefficient (Wildman–Crippen LogP) is 2.74. The van der Waals surface area contributed by atoms with Crippen LogP contribution in [0.4, 0.5) is 11.5 Å². The largest absolute Gasteiger partial charge is 0.385 e. The molecule has 2 heterocycles. The van der Waals surface area contributed by atoms with Gasteiger partial charge in [-0.2, -0.15) is 0 Å². The third-order valence-electron chi connectivity index (χ3n) is 2.24. The van der Waals surface area contributed by atoms with Crippen molar-refractivity contribution in [3.63, 3.8) is 0 Å². The Labute approximate surface area is 109 Å². The molecule has 4 nitrogen and oxygen atoms in total. The number of nitrogens with one attached hydrogen (secondary N) is 2. The van der Waals surface area contributed by atoms with E-state index in [1.165, 1.54) is 4.88 Å². The molecule has 2 rings (SSSR count). The number of aromatic nitrogens is 1. The van der Waals surface area contributed by atoms with E-state index in [2.05, 4.69) is 15.7 Å². The number of hydrogen-bond donors (Lipinski definition) is 3. The van der Waals surface area contributed by atoms with Gasteiger partial charge in [-0.05, 0) is 24.6 Å². The van der Waals surface area contributed by atoms with Crippen molar-refractivity contribution in [2.24, 2.45) is 5.84 Å². The van der Waals surface area contributed by atoms with E-state index in [-0.39, 0.29) is 0 Å². The number of anilines is 2. The number of hydrogen-bond acceptors (Lipinski definition) is 5. The summed E-state index contributed by atoms with van der Waals surface area (Å²) in [5, 5.41) is 3.31. The summed E-state index contributed by atoms with van der Waals surface area (Å²) in [6, 6.07) is 7.74. The van der Waals surface area contributed by atoms with Crippen molar-refractivity contribution in [3.8, 4) is 0 Å². The van der Waals surface area contributed by atoms with E-state index in [0.717, 1.165) is 23.0 Å². The molecule has 0 aliphatic rings. The fraction of sp³-hybridized carbons (Fsp3) is 0.182. The van der Waals surface area contributed by atoms with Crippen LogP contribution in [0.2, 0.25) is 4.34 Å². The maximum atomic E-state index is 5.86. The molecular formula is C11H13ClN4S. The standard InChI is InChI=1S/C11H13ClN4S/c12-10-2-1-9(17-10)4-6-14-8-3-5-15-11(7-8)16-13/h1-3,5,7H,4,6,13H2,(H2,14,15,16). The lowest BCUT2D eigenvalue weighted by atomic mass is 10.3. The van der Waals surface area contributed by atoms with Crippen LogP contribution in [0.3, 0.4) is 0 Å². The molecule has 0 atom stereocenters. The van der Waals surface area contributed by atoms with Gasteiger partial charge in [0.2, 0.25) is 0 Å². The third-order valence-corrected chi connectivity index (χ3v) is 3.53. The highest BCUT2D eigenvalue weighted by atomic mass is 35.5. The number of pyridine rings is 1. The van der Waals surface area contributed by atoms with Gasteiger partial charge in [0.1, 0.15) is 5.82 Å². The van der Waals surface area contributed by atoms with Crippen LogP contribution < -0.4 is 16.6 Å². The topological polar surface area (TPSA) is 63.0 Å². The summed E-state index contributed by atoms with van der Waals surface area (Å²) < 4.78 is 0.832. The fourth-order valence-corrected chi connectivity index (χ4v) is 2.52. The quantitative estimate of drug-likeness (QED) is 0.576. The second kappa shape index (κ2) is 5.86. The molecule has 0 amide bonds. The molecule has 2 aromatic heterocycles. The van der Waals surface area contributed by atoms with Crippen molar-refractivity contribution < 1.29 is 0 Å². The van der Waals surface area contributed by atoms with Crippen molar-refractivity contribution in [3.05, 3.63) is 39.7 Å². The first kappa shape index (κ1) is 12.2.